The van der Waals surface area contributed by atoms with Crippen LogP contribution in [0.15, 0.2) is 53.4 Å². The minimum atomic E-state index is -3.60. The maximum absolute atomic E-state index is 13.0. The van der Waals surface area contributed by atoms with Crippen molar-refractivity contribution in [1.82, 2.24) is 9.21 Å². The molecule has 1 aliphatic carbocycles. The summed E-state index contributed by atoms with van der Waals surface area (Å²) in [5.74, 6) is -0.493. The lowest BCUT2D eigenvalue weighted by Crippen LogP contribution is -2.38. The van der Waals surface area contributed by atoms with Crippen molar-refractivity contribution >= 4 is 21.9 Å². The lowest BCUT2D eigenvalue weighted by molar-refractivity contribution is 0.0472. The minimum Gasteiger partial charge on any atom is -0.457 e. The van der Waals surface area contributed by atoms with Gasteiger partial charge in [0.15, 0.2) is 0 Å². The number of esters is 1. The number of sulfonamides is 1. The third-order valence-corrected chi connectivity index (χ3v) is 8.74. The zero-order valence-corrected chi connectivity index (χ0v) is 20.4. The van der Waals surface area contributed by atoms with E-state index in [1.807, 2.05) is 4.90 Å². The Morgan fingerprint density at radius 2 is 1.47 bits per heavy atom. The van der Waals surface area contributed by atoms with Crippen LogP contribution in [-0.4, -0.2) is 55.7 Å². The molecule has 0 bridgehead atoms. The average molecular weight is 485 g/mol. The topological polar surface area (TPSA) is 84.0 Å². The van der Waals surface area contributed by atoms with Gasteiger partial charge < -0.3 is 9.64 Å². The summed E-state index contributed by atoms with van der Waals surface area (Å²) in [4.78, 5) is 26.9. The summed E-state index contributed by atoms with van der Waals surface area (Å²) >= 11 is 0. The Morgan fingerprint density at radius 1 is 0.882 bits per heavy atom. The van der Waals surface area contributed by atoms with Crippen LogP contribution in [0.2, 0.25) is 0 Å². The fourth-order valence-electron chi connectivity index (χ4n) is 4.65. The first-order valence-electron chi connectivity index (χ1n) is 12.0. The summed E-state index contributed by atoms with van der Waals surface area (Å²) < 4.78 is 32.8. The molecular formula is C26H32N2O5S. The average Bonchev–Trinajstić information content (AvgIpc) is 3.42. The van der Waals surface area contributed by atoms with Gasteiger partial charge in [-0.05, 0) is 67.6 Å². The molecular weight excluding hydrogens is 452 g/mol. The van der Waals surface area contributed by atoms with Crippen LogP contribution < -0.4 is 0 Å². The Hall–Kier alpha value is -2.71. The van der Waals surface area contributed by atoms with Gasteiger partial charge in [-0.2, -0.15) is 4.31 Å². The molecule has 182 valence electrons. The van der Waals surface area contributed by atoms with Crippen molar-refractivity contribution in [2.45, 2.75) is 62.5 Å². The van der Waals surface area contributed by atoms with E-state index in [-0.39, 0.29) is 23.5 Å². The number of likely N-dealkylation sites (tertiary alicyclic amines) is 1. The van der Waals surface area contributed by atoms with E-state index >= 15 is 0 Å². The van der Waals surface area contributed by atoms with Crippen LogP contribution in [0.1, 0.15) is 71.2 Å². The van der Waals surface area contributed by atoms with E-state index < -0.39 is 16.0 Å². The summed E-state index contributed by atoms with van der Waals surface area (Å²) in [5, 5.41) is 0. The Morgan fingerprint density at radius 3 is 2.09 bits per heavy atom. The maximum Gasteiger partial charge on any atom is 0.338 e. The fourth-order valence-corrected chi connectivity index (χ4v) is 6.06. The summed E-state index contributed by atoms with van der Waals surface area (Å²) in [6.07, 6.45) is 7.11. The Kier molecular flexibility index (Phi) is 7.68. The maximum atomic E-state index is 13.0. The van der Waals surface area contributed by atoms with Crippen LogP contribution in [0.3, 0.4) is 0 Å². The van der Waals surface area contributed by atoms with Gasteiger partial charge in [0.1, 0.15) is 6.61 Å². The normalized spacial score (nSPS) is 17.2. The summed E-state index contributed by atoms with van der Waals surface area (Å²) in [5.41, 5.74) is 1.70. The van der Waals surface area contributed by atoms with Gasteiger partial charge in [-0.1, -0.05) is 31.4 Å². The van der Waals surface area contributed by atoms with E-state index in [1.54, 1.807) is 31.3 Å². The summed E-state index contributed by atoms with van der Waals surface area (Å²) in [7, 11) is -1.97. The third-order valence-electron chi connectivity index (χ3n) is 6.82. The number of ether oxygens (including phenoxy) is 1. The highest BCUT2D eigenvalue weighted by Crippen LogP contribution is 2.26. The minimum absolute atomic E-state index is 0.0282. The molecule has 1 heterocycles. The molecule has 1 aliphatic heterocycles. The number of hydrogen-bond donors (Lipinski definition) is 0. The van der Waals surface area contributed by atoms with Crippen LogP contribution in [0.4, 0.5) is 0 Å². The van der Waals surface area contributed by atoms with Crippen LogP contribution in [0.5, 0.6) is 0 Å². The molecule has 0 aromatic heterocycles. The van der Waals surface area contributed by atoms with Gasteiger partial charge in [0.25, 0.3) is 5.91 Å². The molecule has 0 N–H and O–H groups in total. The van der Waals surface area contributed by atoms with Gasteiger partial charge in [-0.15, -0.1) is 0 Å². The molecule has 0 atom stereocenters. The van der Waals surface area contributed by atoms with Gasteiger partial charge >= 0.3 is 5.97 Å². The molecule has 2 aromatic carbocycles. The first kappa shape index (κ1) is 24.4. The molecule has 1 saturated heterocycles. The highest BCUT2D eigenvalue weighted by atomic mass is 32.2. The van der Waals surface area contributed by atoms with Crippen molar-refractivity contribution in [2.24, 2.45) is 0 Å². The summed E-state index contributed by atoms with van der Waals surface area (Å²) in [6, 6.07) is 13.0. The molecule has 4 rings (SSSR count). The smallest absolute Gasteiger partial charge is 0.338 e. The molecule has 2 aliphatic rings. The van der Waals surface area contributed by atoms with Crippen molar-refractivity contribution < 1.29 is 22.7 Å². The predicted octanol–water partition coefficient (Wildman–Crippen LogP) is 4.23. The van der Waals surface area contributed by atoms with Crippen molar-refractivity contribution in [3.8, 4) is 0 Å². The number of carbonyl (C=O) groups excluding carboxylic acids is 2. The number of benzene rings is 2. The number of hydrogen-bond acceptors (Lipinski definition) is 5. The second kappa shape index (κ2) is 10.7. The van der Waals surface area contributed by atoms with Gasteiger partial charge in [0, 0.05) is 31.7 Å². The number of rotatable bonds is 7. The van der Waals surface area contributed by atoms with Crippen LogP contribution in [0, 0.1) is 0 Å². The largest absolute Gasteiger partial charge is 0.457 e. The molecule has 2 aromatic rings. The van der Waals surface area contributed by atoms with Crippen molar-refractivity contribution in [3.63, 3.8) is 0 Å². The van der Waals surface area contributed by atoms with E-state index in [1.165, 1.54) is 28.6 Å². The van der Waals surface area contributed by atoms with Gasteiger partial charge in [0.2, 0.25) is 10.0 Å². The zero-order chi connectivity index (χ0) is 24.1. The molecule has 0 unspecified atom stereocenters. The van der Waals surface area contributed by atoms with Crippen LogP contribution in [-0.2, 0) is 21.4 Å². The standard InChI is InChI=1S/C26H32N2O5S/c1-27(23-7-3-2-4-8-23)34(31,32)24-15-13-22(14-16-24)26(30)33-19-20-9-11-21(12-10-20)25(29)28-17-5-6-18-28/h9-16,23H,2-8,17-19H2,1H3. The van der Waals surface area contributed by atoms with Gasteiger partial charge in [-0.3, -0.25) is 4.79 Å². The highest BCUT2D eigenvalue weighted by Gasteiger charge is 2.29. The molecule has 1 saturated carbocycles. The molecule has 1 amide bonds. The third kappa shape index (κ3) is 5.50. The fraction of sp³-hybridized carbons (Fsp3) is 0.462. The quantitative estimate of drug-likeness (QED) is 0.549. The second-order valence-electron chi connectivity index (χ2n) is 9.11. The predicted molar refractivity (Wildman–Crippen MR) is 129 cm³/mol. The molecule has 2 fully saturated rings. The first-order valence-corrected chi connectivity index (χ1v) is 13.4. The van der Waals surface area contributed by atoms with Crippen LogP contribution >= 0.6 is 0 Å². The zero-order valence-electron chi connectivity index (χ0n) is 19.6. The molecule has 34 heavy (non-hydrogen) atoms. The van der Waals surface area contributed by atoms with Crippen molar-refractivity contribution in [1.29, 1.82) is 0 Å². The number of amides is 1. The van der Waals surface area contributed by atoms with Crippen molar-refractivity contribution in [2.75, 3.05) is 20.1 Å². The molecule has 8 heteroatoms. The molecule has 0 radical (unpaired) electrons. The van der Waals surface area contributed by atoms with E-state index in [0.29, 0.717) is 11.1 Å². The first-order chi connectivity index (χ1) is 16.4. The van der Waals surface area contributed by atoms with Gasteiger partial charge in [0.05, 0.1) is 10.5 Å². The Balaban J connectivity index is 1.33. The molecule has 7 nitrogen and oxygen atoms in total. The highest BCUT2D eigenvalue weighted by molar-refractivity contribution is 7.89. The van der Waals surface area contributed by atoms with E-state index in [9.17, 15) is 18.0 Å². The number of nitrogens with zero attached hydrogens (tertiary/aromatic N) is 2. The van der Waals surface area contributed by atoms with E-state index in [4.69, 9.17) is 4.74 Å². The Bertz CT molecular complexity index is 1100. The SMILES string of the molecule is CN(C1CCCCC1)S(=O)(=O)c1ccc(C(=O)OCc2ccc(C(=O)N3CCCC3)cc2)cc1. The van der Waals surface area contributed by atoms with E-state index in [0.717, 1.165) is 63.6 Å². The van der Waals surface area contributed by atoms with Crippen molar-refractivity contribution in [3.05, 3.63) is 65.2 Å². The lowest BCUT2D eigenvalue weighted by Gasteiger charge is -2.30. The van der Waals surface area contributed by atoms with Gasteiger partial charge in [-0.25, -0.2) is 13.2 Å². The van der Waals surface area contributed by atoms with E-state index in [2.05, 4.69) is 0 Å². The number of carbonyl (C=O) groups is 2. The second-order valence-corrected chi connectivity index (χ2v) is 11.1. The summed E-state index contributed by atoms with van der Waals surface area (Å²) in [6.45, 7) is 1.67. The van der Waals surface area contributed by atoms with Crippen LogP contribution in [0.25, 0.3) is 0 Å². The monoisotopic (exact) mass is 484 g/mol. The molecule has 0 spiro atoms. The Labute approximate surface area is 201 Å². The lowest BCUT2D eigenvalue weighted by atomic mass is 9.96.